The second-order valence-corrected chi connectivity index (χ2v) is 6.96. The SMILES string of the molecule is CC(C)CC(=O)NC(C(=O)N1CCC(C(C)O)C1)C(C)C. The van der Waals surface area contributed by atoms with Crippen molar-refractivity contribution < 1.29 is 14.7 Å². The van der Waals surface area contributed by atoms with Crippen molar-refractivity contribution in [3.8, 4) is 0 Å². The number of rotatable bonds is 6. The third-order valence-electron chi connectivity index (χ3n) is 4.06. The average molecular weight is 298 g/mol. The second kappa shape index (κ2) is 7.78. The monoisotopic (exact) mass is 298 g/mol. The topological polar surface area (TPSA) is 69.6 Å². The lowest BCUT2D eigenvalue weighted by Crippen LogP contribution is -2.51. The van der Waals surface area contributed by atoms with Gasteiger partial charge < -0.3 is 15.3 Å². The Morgan fingerprint density at radius 2 is 1.86 bits per heavy atom. The second-order valence-electron chi connectivity index (χ2n) is 6.96. The van der Waals surface area contributed by atoms with Gasteiger partial charge in [-0.25, -0.2) is 0 Å². The molecule has 1 fully saturated rings. The summed E-state index contributed by atoms with van der Waals surface area (Å²) >= 11 is 0. The van der Waals surface area contributed by atoms with Crippen molar-refractivity contribution in [1.82, 2.24) is 10.2 Å². The highest BCUT2D eigenvalue weighted by Crippen LogP contribution is 2.21. The van der Waals surface area contributed by atoms with Gasteiger partial charge in [0.05, 0.1) is 6.10 Å². The quantitative estimate of drug-likeness (QED) is 0.779. The number of nitrogens with zero attached hydrogens (tertiary/aromatic N) is 1. The predicted molar refractivity (Wildman–Crippen MR) is 82.6 cm³/mol. The van der Waals surface area contributed by atoms with Crippen LogP contribution < -0.4 is 5.32 Å². The van der Waals surface area contributed by atoms with Crippen LogP contribution >= 0.6 is 0 Å². The molecule has 5 heteroatoms. The van der Waals surface area contributed by atoms with Crippen LogP contribution in [0.4, 0.5) is 0 Å². The third kappa shape index (κ3) is 5.30. The molecule has 1 rings (SSSR count). The molecule has 3 atom stereocenters. The van der Waals surface area contributed by atoms with Crippen LogP contribution in [0.2, 0.25) is 0 Å². The van der Waals surface area contributed by atoms with Gasteiger partial charge in [-0.15, -0.1) is 0 Å². The van der Waals surface area contributed by atoms with Gasteiger partial charge >= 0.3 is 0 Å². The van der Waals surface area contributed by atoms with Gasteiger partial charge in [0.1, 0.15) is 6.04 Å². The number of likely N-dealkylation sites (tertiary alicyclic amines) is 1. The smallest absolute Gasteiger partial charge is 0.245 e. The molecule has 0 aromatic heterocycles. The first-order valence-electron chi connectivity index (χ1n) is 7.98. The van der Waals surface area contributed by atoms with Crippen molar-refractivity contribution in [2.24, 2.45) is 17.8 Å². The summed E-state index contributed by atoms with van der Waals surface area (Å²) in [7, 11) is 0. The number of aliphatic hydroxyl groups is 1. The van der Waals surface area contributed by atoms with Gasteiger partial charge in [0.2, 0.25) is 11.8 Å². The molecular weight excluding hydrogens is 268 g/mol. The minimum atomic E-state index is -0.469. The van der Waals surface area contributed by atoms with E-state index in [0.29, 0.717) is 19.5 Å². The van der Waals surface area contributed by atoms with Gasteiger partial charge in [-0.2, -0.15) is 0 Å². The van der Waals surface area contributed by atoms with Crippen molar-refractivity contribution in [3.63, 3.8) is 0 Å². The minimum Gasteiger partial charge on any atom is -0.393 e. The van der Waals surface area contributed by atoms with Crippen molar-refractivity contribution >= 4 is 11.8 Å². The van der Waals surface area contributed by atoms with E-state index >= 15 is 0 Å². The molecular formula is C16H30N2O3. The van der Waals surface area contributed by atoms with E-state index in [9.17, 15) is 14.7 Å². The fourth-order valence-corrected chi connectivity index (χ4v) is 2.69. The number of nitrogens with one attached hydrogen (secondary N) is 1. The lowest BCUT2D eigenvalue weighted by atomic mass is 10.0. The maximum absolute atomic E-state index is 12.6. The Balaban J connectivity index is 2.64. The Bertz CT molecular complexity index is 367. The van der Waals surface area contributed by atoms with Crippen LogP contribution in [0.1, 0.15) is 47.5 Å². The molecule has 1 heterocycles. The molecule has 1 saturated heterocycles. The summed E-state index contributed by atoms with van der Waals surface area (Å²) in [5.41, 5.74) is 0. The van der Waals surface area contributed by atoms with Gasteiger partial charge in [0.15, 0.2) is 0 Å². The van der Waals surface area contributed by atoms with E-state index in [1.54, 1.807) is 11.8 Å². The van der Waals surface area contributed by atoms with E-state index in [4.69, 9.17) is 0 Å². The standard InChI is InChI=1S/C16H30N2O3/c1-10(2)8-14(20)17-15(11(3)4)16(21)18-7-6-13(9-18)12(5)19/h10-13,15,19H,6-9H2,1-5H3,(H,17,20). The van der Waals surface area contributed by atoms with Crippen LogP contribution in [0.15, 0.2) is 0 Å². The van der Waals surface area contributed by atoms with Crippen molar-refractivity contribution in [1.29, 1.82) is 0 Å². The zero-order chi connectivity index (χ0) is 16.2. The molecule has 0 saturated carbocycles. The van der Waals surface area contributed by atoms with E-state index in [2.05, 4.69) is 5.32 Å². The largest absolute Gasteiger partial charge is 0.393 e. The summed E-state index contributed by atoms with van der Waals surface area (Å²) in [4.78, 5) is 26.3. The summed E-state index contributed by atoms with van der Waals surface area (Å²) in [6.07, 6.45) is 0.872. The molecule has 3 unspecified atom stereocenters. The molecule has 1 aliphatic heterocycles. The van der Waals surface area contributed by atoms with Crippen LogP contribution in [0.3, 0.4) is 0 Å². The van der Waals surface area contributed by atoms with Crippen molar-refractivity contribution in [2.45, 2.75) is 59.6 Å². The zero-order valence-electron chi connectivity index (χ0n) is 13.9. The van der Waals surface area contributed by atoms with E-state index in [0.717, 1.165) is 6.42 Å². The Kier molecular flexibility index (Phi) is 6.65. The molecule has 0 aromatic rings. The molecule has 0 spiro atoms. The number of amides is 2. The molecule has 0 aromatic carbocycles. The lowest BCUT2D eigenvalue weighted by Gasteiger charge is -2.27. The highest BCUT2D eigenvalue weighted by molar-refractivity contribution is 5.88. The maximum Gasteiger partial charge on any atom is 0.245 e. The van der Waals surface area contributed by atoms with Crippen molar-refractivity contribution in [3.05, 3.63) is 0 Å². The Morgan fingerprint density at radius 1 is 1.24 bits per heavy atom. The van der Waals surface area contributed by atoms with Gasteiger partial charge in [-0.1, -0.05) is 27.7 Å². The summed E-state index contributed by atoms with van der Waals surface area (Å²) in [6.45, 7) is 10.9. The van der Waals surface area contributed by atoms with E-state index in [1.165, 1.54) is 0 Å². The Hall–Kier alpha value is -1.10. The zero-order valence-corrected chi connectivity index (χ0v) is 13.9. The highest BCUT2D eigenvalue weighted by atomic mass is 16.3. The van der Waals surface area contributed by atoms with Gasteiger partial charge in [0.25, 0.3) is 0 Å². The summed E-state index contributed by atoms with van der Waals surface area (Å²) < 4.78 is 0. The summed E-state index contributed by atoms with van der Waals surface area (Å²) in [5, 5.41) is 12.5. The number of carbonyl (C=O) groups excluding carboxylic acids is 2. The molecule has 5 nitrogen and oxygen atoms in total. The van der Waals surface area contributed by atoms with Crippen molar-refractivity contribution in [2.75, 3.05) is 13.1 Å². The fourth-order valence-electron chi connectivity index (χ4n) is 2.69. The van der Waals surface area contributed by atoms with Crippen LogP contribution in [0.25, 0.3) is 0 Å². The molecule has 0 aliphatic carbocycles. The number of hydrogen-bond acceptors (Lipinski definition) is 3. The molecule has 0 bridgehead atoms. The van der Waals surface area contributed by atoms with E-state index in [1.807, 2.05) is 27.7 Å². The third-order valence-corrected chi connectivity index (χ3v) is 4.06. The average Bonchev–Trinajstić information content (AvgIpc) is 2.83. The first-order valence-corrected chi connectivity index (χ1v) is 7.98. The predicted octanol–water partition coefficient (Wildman–Crippen LogP) is 1.40. The van der Waals surface area contributed by atoms with Gasteiger partial charge in [0, 0.05) is 25.4 Å². The van der Waals surface area contributed by atoms with Crippen LogP contribution in [0, 0.1) is 17.8 Å². The Morgan fingerprint density at radius 3 is 2.29 bits per heavy atom. The molecule has 2 amide bonds. The van der Waals surface area contributed by atoms with Crippen LogP contribution in [0.5, 0.6) is 0 Å². The molecule has 1 aliphatic rings. The van der Waals surface area contributed by atoms with Gasteiger partial charge in [-0.3, -0.25) is 9.59 Å². The highest BCUT2D eigenvalue weighted by Gasteiger charge is 2.34. The maximum atomic E-state index is 12.6. The number of aliphatic hydroxyl groups excluding tert-OH is 1. The van der Waals surface area contributed by atoms with Gasteiger partial charge in [-0.05, 0) is 25.2 Å². The normalized spacial score (nSPS) is 21.7. The Labute approximate surface area is 128 Å². The first kappa shape index (κ1) is 18.0. The summed E-state index contributed by atoms with van der Waals surface area (Å²) in [6, 6.07) is -0.469. The molecule has 122 valence electrons. The molecule has 2 N–H and O–H groups in total. The van der Waals surface area contributed by atoms with Crippen LogP contribution in [-0.4, -0.2) is 47.1 Å². The summed E-state index contributed by atoms with van der Waals surface area (Å²) in [5.74, 6) is 0.389. The first-order chi connectivity index (χ1) is 9.72. The van der Waals surface area contributed by atoms with E-state index in [-0.39, 0.29) is 29.6 Å². The fraction of sp³-hybridized carbons (Fsp3) is 0.875. The minimum absolute atomic E-state index is 0.0229. The van der Waals surface area contributed by atoms with E-state index < -0.39 is 12.1 Å². The lowest BCUT2D eigenvalue weighted by molar-refractivity contribution is -0.137. The molecule has 0 radical (unpaired) electrons. The van der Waals surface area contributed by atoms with Crippen LogP contribution in [-0.2, 0) is 9.59 Å². The number of carbonyl (C=O) groups is 2. The number of hydrogen-bond donors (Lipinski definition) is 2. The molecule has 21 heavy (non-hydrogen) atoms.